The van der Waals surface area contributed by atoms with Crippen LogP contribution in [0.2, 0.25) is 0 Å². The van der Waals surface area contributed by atoms with E-state index in [1.807, 2.05) is 36.4 Å². The Bertz CT molecular complexity index is 771. The van der Waals surface area contributed by atoms with Gasteiger partial charge in [-0.2, -0.15) is 5.10 Å². The lowest BCUT2D eigenvalue weighted by Gasteiger charge is -2.24. The molecule has 0 aromatic heterocycles. The third kappa shape index (κ3) is 4.38. The number of carbonyl (C=O) groups excluding carboxylic acids is 1. The fourth-order valence-electron chi connectivity index (χ4n) is 2.20. The average molecular weight is 338 g/mol. The third-order valence-corrected chi connectivity index (χ3v) is 3.44. The van der Waals surface area contributed by atoms with Gasteiger partial charge in [-0.3, -0.25) is 4.79 Å². The molecule has 25 heavy (non-hydrogen) atoms. The first-order valence-corrected chi connectivity index (χ1v) is 7.81. The lowest BCUT2D eigenvalue weighted by molar-refractivity contribution is -0.130. The maximum Gasteiger partial charge on any atom is 0.284 e. The van der Waals surface area contributed by atoms with Gasteiger partial charge in [-0.15, -0.1) is 0 Å². The summed E-state index contributed by atoms with van der Waals surface area (Å²) in [5.41, 5.74) is 3.29. The van der Waals surface area contributed by atoms with Gasteiger partial charge in [0.25, 0.3) is 5.91 Å². The number of nitrogens with zero attached hydrogens (tertiary/aromatic N) is 1. The molecule has 1 heterocycles. The molecule has 6 heteroatoms. The van der Waals surface area contributed by atoms with Crippen LogP contribution in [0, 0.1) is 0 Å². The zero-order chi connectivity index (χ0) is 17.5. The van der Waals surface area contributed by atoms with E-state index >= 15 is 0 Å². The molecule has 0 unspecified atom stereocenters. The molecular weight excluding hydrogens is 320 g/mol. The van der Waals surface area contributed by atoms with Crippen molar-refractivity contribution >= 4 is 12.1 Å². The number of ether oxygens (including phenoxy) is 3. The van der Waals surface area contributed by atoms with Crippen molar-refractivity contribution in [3.8, 4) is 17.2 Å². The number of para-hydroxylation sites is 2. The van der Waals surface area contributed by atoms with Gasteiger partial charge in [0.1, 0.15) is 19.0 Å². The molecule has 0 saturated carbocycles. The van der Waals surface area contributed by atoms with Crippen molar-refractivity contribution in [1.82, 2.24) is 5.43 Å². The van der Waals surface area contributed by atoms with Gasteiger partial charge < -0.3 is 14.2 Å². The van der Waals surface area contributed by atoms with E-state index in [0.717, 1.165) is 11.3 Å². The van der Waals surface area contributed by atoms with Gasteiger partial charge in [0.2, 0.25) is 6.10 Å². The van der Waals surface area contributed by atoms with E-state index in [1.165, 1.54) is 0 Å². The van der Waals surface area contributed by atoms with Crippen LogP contribution in [0.1, 0.15) is 5.56 Å². The molecule has 2 aromatic carbocycles. The van der Waals surface area contributed by atoms with E-state index in [2.05, 4.69) is 17.1 Å². The van der Waals surface area contributed by atoms with Gasteiger partial charge in [-0.05, 0) is 42.0 Å². The molecule has 1 N–H and O–H groups in total. The van der Waals surface area contributed by atoms with Crippen LogP contribution < -0.4 is 19.6 Å². The predicted molar refractivity (Wildman–Crippen MR) is 94.2 cm³/mol. The van der Waals surface area contributed by atoms with Crippen LogP contribution in [0.4, 0.5) is 0 Å². The van der Waals surface area contributed by atoms with Crippen molar-refractivity contribution in [2.24, 2.45) is 5.10 Å². The van der Waals surface area contributed by atoms with Gasteiger partial charge in [0.15, 0.2) is 11.5 Å². The van der Waals surface area contributed by atoms with Crippen LogP contribution in [0.5, 0.6) is 17.2 Å². The molecule has 2 aromatic rings. The van der Waals surface area contributed by atoms with Gasteiger partial charge in [0.05, 0.1) is 6.21 Å². The molecule has 0 fully saturated rings. The molecule has 0 aliphatic carbocycles. The maximum absolute atomic E-state index is 12.1. The Kier molecular flexibility index (Phi) is 5.31. The van der Waals surface area contributed by atoms with Crippen molar-refractivity contribution in [3.05, 3.63) is 66.7 Å². The first-order chi connectivity index (χ1) is 12.3. The molecule has 3 rings (SSSR count). The summed E-state index contributed by atoms with van der Waals surface area (Å²) in [5.74, 6) is 1.56. The molecule has 0 radical (unpaired) electrons. The number of hydrazone groups is 1. The Balaban J connectivity index is 1.52. The monoisotopic (exact) mass is 338 g/mol. The molecule has 1 atom stereocenters. The van der Waals surface area contributed by atoms with Gasteiger partial charge >= 0.3 is 0 Å². The molecule has 1 amide bonds. The summed E-state index contributed by atoms with van der Waals surface area (Å²) >= 11 is 0. The van der Waals surface area contributed by atoms with E-state index < -0.39 is 6.10 Å². The summed E-state index contributed by atoms with van der Waals surface area (Å²) < 4.78 is 16.5. The summed E-state index contributed by atoms with van der Waals surface area (Å²) in [6.45, 7) is 4.20. The minimum Gasteiger partial charge on any atom is -0.490 e. The lowest BCUT2D eigenvalue weighted by Crippen LogP contribution is -2.42. The Labute approximate surface area is 145 Å². The van der Waals surface area contributed by atoms with E-state index in [4.69, 9.17) is 14.2 Å². The Morgan fingerprint density at radius 3 is 2.76 bits per heavy atom. The highest BCUT2D eigenvalue weighted by Gasteiger charge is 2.26. The highest BCUT2D eigenvalue weighted by molar-refractivity contribution is 5.85. The molecular formula is C19H18N2O4. The molecule has 0 bridgehead atoms. The van der Waals surface area contributed by atoms with Crippen molar-refractivity contribution in [3.63, 3.8) is 0 Å². The SMILES string of the molecule is C=CCOc1ccc(/C=N\NC(=O)[C@H]2COc3ccccc3O2)cc1. The molecule has 6 nitrogen and oxygen atoms in total. The Morgan fingerprint density at radius 2 is 2.00 bits per heavy atom. The first kappa shape index (κ1) is 16.6. The van der Waals surface area contributed by atoms with E-state index in [9.17, 15) is 4.79 Å². The third-order valence-electron chi connectivity index (χ3n) is 3.44. The molecule has 1 aliphatic heterocycles. The first-order valence-electron chi connectivity index (χ1n) is 7.81. The fraction of sp³-hybridized carbons (Fsp3) is 0.158. The number of hydrogen-bond acceptors (Lipinski definition) is 5. The van der Waals surface area contributed by atoms with Gasteiger partial charge in [0, 0.05) is 0 Å². The second-order valence-electron chi connectivity index (χ2n) is 5.27. The van der Waals surface area contributed by atoms with Crippen LogP contribution in [-0.4, -0.2) is 31.4 Å². The van der Waals surface area contributed by atoms with E-state index in [0.29, 0.717) is 18.1 Å². The minimum absolute atomic E-state index is 0.147. The highest BCUT2D eigenvalue weighted by atomic mass is 16.6. The van der Waals surface area contributed by atoms with Crippen LogP contribution in [-0.2, 0) is 4.79 Å². The number of rotatable bonds is 6. The zero-order valence-electron chi connectivity index (χ0n) is 13.6. The fourth-order valence-corrected chi connectivity index (χ4v) is 2.20. The largest absolute Gasteiger partial charge is 0.490 e. The quantitative estimate of drug-likeness (QED) is 0.499. The van der Waals surface area contributed by atoms with Crippen LogP contribution in [0.15, 0.2) is 66.3 Å². The lowest BCUT2D eigenvalue weighted by atomic mass is 10.2. The van der Waals surface area contributed by atoms with Crippen molar-refractivity contribution in [2.75, 3.05) is 13.2 Å². The van der Waals surface area contributed by atoms with E-state index in [-0.39, 0.29) is 12.5 Å². The molecule has 0 spiro atoms. The number of carbonyl (C=O) groups is 1. The Morgan fingerprint density at radius 1 is 1.24 bits per heavy atom. The van der Waals surface area contributed by atoms with Gasteiger partial charge in [-0.25, -0.2) is 5.43 Å². The van der Waals surface area contributed by atoms with Crippen LogP contribution in [0.25, 0.3) is 0 Å². The number of nitrogens with one attached hydrogen (secondary N) is 1. The second-order valence-corrected chi connectivity index (χ2v) is 5.27. The maximum atomic E-state index is 12.1. The smallest absolute Gasteiger partial charge is 0.284 e. The van der Waals surface area contributed by atoms with Crippen LogP contribution >= 0.6 is 0 Å². The average Bonchev–Trinajstić information content (AvgIpc) is 2.67. The number of hydrogen-bond donors (Lipinski definition) is 1. The summed E-state index contributed by atoms with van der Waals surface area (Å²) in [7, 11) is 0. The second kappa shape index (κ2) is 8.01. The molecule has 1 aliphatic rings. The molecule has 128 valence electrons. The zero-order valence-corrected chi connectivity index (χ0v) is 13.6. The van der Waals surface area contributed by atoms with Crippen molar-refractivity contribution < 1.29 is 19.0 Å². The summed E-state index contributed by atoms with van der Waals surface area (Å²) in [6, 6.07) is 14.5. The van der Waals surface area contributed by atoms with Gasteiger partial charge in [-0.1, -0.05) is 24.8 Å². The van der Waals surface area contributed by atoms with Crippen molar-refractivity contribution in [1.29, 1.82) is 0 Å². The number of amides is 1. The minimum atomic E-state index is -0.735. The summed E-state index contributed by atoms with van der Waals surface area (Å²) in [6.07, 6.45) is 2.49. The predicted octanol–water partition coefficient (Wildman–Crippen LogP) is 2.54. The van der Waals surface area contributed by atoms with E-state index in [1.54, 1.807) is 24.4 Å². The topological polar surface area (TPSA) is 69.2 Å². The molecule has 0 saturated heterocycles. The van der Waals surface area contributed by atoms with Crippen molar-refractivity contribution in [2.45, 2.75) is 6.10 Å². The number of benzene rings is 2. The highest BCUT2D eigenvalue weighted by Crippen LogP contribution is 2.30. The normalized spacial score (nSPS) is 15.6. The Hall–Kier alpha value is -3.28. The summed E-state index contributed by atoms with van der Waals surface area (Å²) in [5, 5.41) is 3.95. The number of fused-ring (bicyclic) bond motifs is 1. The standard InChI is InChI=1S/C19H18N2O4/c1-2-11-23-15-9-7-14(8-10-15)12-20-21-19(22)18-13-24-16-5-3-4-6-17(16)25-18/h2-10,12,18H,1,11,13H2,(H,21,22)/b20-12-/t18-/m1/s1. The van der Waals surface area contributed by atoms with Crippen LogP contribution in [0.3, 0.4) is 0 Å². The summed E-state index contributed by atoms with van der Waals surface area (Å²) in [4.78, 5) is 12.1.